The first-order valence-corrected chi connectivity index (χ1v) is 10.2. The van der Waals surface area contributed by atoms with E-state index >= 15 is 0 Å². The van der Waals surface area contributed by atoms with Crippen molar-refractivity contribution in [1.82, 2.24) is 15.2 Å². The summed E-state index contributed by atoms with van der Waals surface area (Å²) in [5.41, 5.74) is 2.89. The smallest absolute Gasteiger partial charge is 0.264 e. The molecular formula is C23H22N4O4. The van der Waals surface area contributed by atoms with Crippen LogP contribution >= 0.6 is 0 Å². The Kier molecular flexibility index (Phi) is 5.03. The molecule has 2 aromatic heterocycles. The van der Waals surface area contributed by atoms with E-state index < -0.39 is 0 Å². The number of furan rings is 1. The number of hydrogen-bond acceptors (Lipinski definition) is 6. The second-order valence-corrected chi connectivity index (χ2v) is 7.41. The average Bonchev–Trinajstić information content (AvgIpc) is 3.42. The van der Waals surface area contributed by atoms with Crippen LogP contribution in [0.25, 0.3) is 22.4 Å². The molecule has 0 bridgehead atoms. The van der Waals surface area contributed by atoms with Gasteiger partial charge in [-0.05, 0) is 49.6 Å². The van der Waals surface area contributed by atoms with E-state index in [0.717, 1.165) is 41.6 Å². The first-order chi connectivity index (χ1) is 15.2. The van der Waals surface area contributed by atoms with E-state index in [9.17, 15) is 4.79 Å². The van der Waals surface area contributed by atoms with Gasteiger partial charge in [0.05, 0.1) is 12.7 Å². The Labute approximate surface area is 178 Å². The molecule has 2 aromatic carbocycles. The van der Waals surface area contributed by atoms with Crippen molar-refractivity contribution in [3.8, 4) is 22.9 Å². The number of carbonyl (C=O) groups excluding carboxylic acids is 1. The highest BCUT2D eigenvalue weighted by atomic mass is 16.5. The normalized spacial score (nSPS) is 13.1. The first-order valence-electron chi connectivity index (χ1n) is 10.2. The summed E-state index contributed by atoms with van der Waals surface area (Å²) in [7, 11) is 1.59. The number of aromatic amines is 1. The molecule has 0 fully saturated rings. The number of amides is 1. The van der Waals surface area contributed by atoms with Crippen LogP contribution in [0.1, 0.15) is 24.2 Å². The van der Waals surface area contributed by atoms with Gasteiger partial charge in [-0.25, -0.2) is 0 Å². The molecule has 4 aromatic rings. The van der Waals surface area contributed by atoms with Crippen LogP contribution in [0.5, 0.6) is 11.5 Å². The summed E-state index contributed by atoms with van der Waals surface area (Å²) in [5.74, 6) is 2.70. The summed E-state index contributed by atoms with van der Waals surface area (Å²) in [6.07, 6.45) is 4.33. The molecule has 1 amide bonds. The van der Waals surface area contributed by atoms with Gasteiger partial charge in [0.1, 0.15) is 22.8 Å². The monoisotopic (exact) mass is 418 g/mol. The Morgan fingerprint density at radius 3 is 2.97 bits per heavy atom. The summed E-state index contributed by atoms with van der Waals surface area (Å²) in [6.45, 7) is -0.149. The summed E-state index contributed by atoms with van der Waals surface area (Å²) in [6, 6.07) is 13.1. The minimum atomic E-state index is -0.347. The van der Waals surface area contributed by atoms with Crippen LogP contribution in [-0.2, 0) is 17.6 Å². The minimum Gasteiger partial charge on any atom is -0.496 e. The van der Waals surface area contributed by atoms with E-state index in [0.29, 0.717) is 17.3 Å². The molecule has 0 saturated heterocycles. The number of carbonyl (C=O) groups is 1. The maximum atomic E-state index is 12.3. The van der Waals surface area contributed by atoms with Crippen molar-refractivity contribution in [3.05, 3.63) is 53.8 Å². The van der Waals surface area contributed by atoms with Crippen molar-refractivity contribution in [2.24, 2.45) is 0 Å². The number of nitrogens with zero attached hydrogens (tertiary/aromatic N) is 2. The predicted octanol–water partition coefficient (Wildman–Crippen LogP) is 4.12. The van der Waals surface area contributed by atoms with Gasteiger partial charge in [-0.2, -0.15) is 4.98 Å². The zero-order valence-corrected chi connectivity index (χ0v) is 17.1. The lowest BCUT2D eigenvalue weighted by Gasteiger charge is -2.09. The van der Waals surface area contributed by atoms with Gasteiger partial charge in [0.15, 0.2) is 12.4 Å². The molecule has 0 radical (unpaired) electrons. The molecule has 0 saturated carbocycles. The van der Waals surface area contributed by atoms with Gasteiger partial charge >= 0.3 is 0 Å². The molecule has 0 atom stereocenters. The Morgan fingerprint density at radius 1 is 1.19 bits per heavy atom. The van der Waals surface area contributed by atoms with Crippen LogP contribution in [0.15, 0.2) is 46.9 Å². The lowest BCUT2D eigenvalue weighted by molar-refractivity contribution is -0.118. The van der Waals surface area contributed by atoms with Gasteiger partial charge in [-0.15, -0.1) is 5.10 Å². The molecule has 1 aliphatic carbocycles. The highest BCUT2D eigenvalue weighted by Gasteiger charge is 2.18. The van der Waals surface area contributed by atoms with Crippen LogP contribution in [-0.4, -0.2) is 34.8 Å². The molecule has 5 rings (SSSR count). The molecule has 8 heteroatoms. The van der Waals surface area contributed by atoms with Crippen molar-refractivity contribution >= 4 is 22.8 Å². The summed E-state index contributed by atoms with van der Waals surface area (Å²) < 4.78 is 17.0. The van der Waals surface area contributed by atoms with Crippen LogP contribution < -0.4 is 14.8 Å². The summed E-state index contributed by atoms with van der Waals surface area (Å²) in [5, 5.41) is 10.6. The third kappa shape index (κ3) is 3.84. The average molecular weight is 418 g/mol. The number of rotatable bonds is 6. The van der Waals surface area contributed by atoms with E-state index in [1.54, 1.807) is 7.11 Å². The van der Waals surface area contributed by atoms with E-state index in [-0.39, 0.29) is 18.5 Å². The van der Waals surface area contributed by atoms with Gasteiger partial charge in [-0.1, -0.05) is 12.1 Å². The number of aromatic nitrogens is 3. The number of benzene rings is 2. The Morgan fingerprint density at radius 2 is 2.06 bits per heavy atom. The van der Waals surface area contributed by atoms with E-state index in [1.165, 1.54) is 12.0 Å². The second-order valence-electron chi connectivity index (χ2n) is 7.41. The number of ether oxygens (including phenoxy) is 2. The third-order valence-corrected chi connectivity index (χ3v) is 5.40. The van der Waals surface area contributed by atoms with Gasteiger partial charge in [0.2, 0.25) is 5.95 Å². The fraction of sp³-hybridized carbons (Fsp3) is 0.261. The van der Waals surface area contributed by atoms with Crippen LogP contribution in [0.3, 0.4) is 0 Å². The minimum absolute atomic E-state index is 0.149. The van der Waals surface area contributed by atoms with Gasteiger partial charge in [0, 0.05) is 17.4 Å². The van der Waals surface area contributed by atoms with Crippen molar-refractivity contribution in [3.63, 3.8) is 0 Å². The van der Waals surface area contributed by atoms with Crippen molar-refractivity contribution < 1.29 is 18.7 Å². The van der Waals surface area contributed by atoms with Gasteiger partial charge in [-0.3, -0.25) is 15.2 Å². The standard InChI is InChI=1S/C23H22N4O4/c1-29-18-8-4-3-7-16(18)22-25-23(27-26-22)24-21(28)13-30-14-10-11-20-17(12-14)15-6-2-5-9-19(15)31-20/h3-4,7-8,10-12H,2,5-6,9,13H2,1H3,(H2,24,25,26,27,28). The Hall–Kier alpha value is -3.81. The maximum absolute atomic E-state index is 12.3. The number of H-pyrrole nitrogens is 1. The topological polar surface area (TPSA) is 102 Å². The molecule has 158 valence electrons. The molecule has 0 spiro atoms. The number of nitrogens with one attached hydrogen (secondary N) is 2. The van der Waals surface area contributed by atoms with E-state index in [1.807, 2.05) is 42.5 Å². The molecule has 0 unspecified atom stereocenters. The molecule has 1 aliphatic rings. The highest BCUT2D eigenvalue weighted by molar-refractivity contribution is 5.90. The number of hydrogen-bond donors (Lipinski definition) is 2. The molecule has 8 nitrogen and oxygen atoms in total. The third-order valence-electron chi connectivity index (χ3n) is 5.40. The van der Waals surface area contributed by atoms with E-state index in [4.69, 9.17) is 13.9 Å². The second kappa shape index (κ2) is 8.14. The Bertz CT molecular complexity index is 1240. The quantitative estimate of drug-likeness (QED) is 0.488. The fourth-order valence-corrected chi connectivity index (χ4v) is 3.92. The van der Waals surface area contributed by atoms with Crippen molar-refractivity contribution in [2.45, 2.75) is 25.7 Å². The van der Waals surface area contributed by atoms with Crippen LogP contribution in [0, 0.1) is 0 Å². The van der Waals surface area contributed by atoms with Gasteiger partial charge < -0.3 is 13.9 Å². The molecule has 2 heterocycles. The Balaban J connectivity index is 1.24. The zero-order valence-electron chi connectivity index (χ0n) is 17.1. The number of para-hydroxylation sites is 1. The molecule has 31 heavy (non-hydrogen) atoms. The zero-order chi connectivity index (χ0) is 21.2. The lowest BCUT2D eigenvalue weighted by Crippen LogP contribution is -2.20. The SMILES string of the molecule is COc1ccccc1-c1nc(NC(=O)COc2ccc3oc4c(c3c2)CCCC4)n[nH]1. The number of aryl methyl sites for hydroxylation is 2. The molecule has 2 N–H and O–H groups in total. The highest BCUT2D eigenvalue weighted by Crippen LogP contribution is 2.34. The fourth-order valence-electron chi connectivity index (χ4n) is 3.92. The number of anilines is 1. The predicted molar refractivity (Wildman–Crippen MR) is 115 cm³/mol. The van der Waals surface area contributed by atoms with Gasteiger partial charge in [0.25, 0.3) is 5.91 Å². The molecular weight excluding hydrogens is 396 g/mol. The first kappa shape index (κ1) is 19.2. The summed E-state index contributed by atoms with van der Waals surface area (Å²) in [4.78, 5) is 16.6. The number of fused-ring (bicyclic) bond motifs is 3. The summed E-state index contributed by atoms with van der Waals surface area (Å²) >= 11 is 0. The van der Waals surface area contributed by atoms with Crippen molar-refractivity contribution in [2.75, 3.05) is 19.0 Å². The van der Waals surface area contributed by atoms with Crippen LogP contribution in [0.2, 0.25) is 0 Å². The van der Waals surface area contributed by atoms with Crippen molar-refractivity contribution in [1.29, 1.82) is 0 Å². The number of methoxy groups -OCH3 is 1. The molecule has 0 aliphatic heterocycles. The largest absolute Gasteiger partial charge is 0.496 e. The maximum Gasteiger partial charge on any atom is 0.264 e. The van der Waals surface area contributed by atoms with Crippen LogP contribution in [0.4, 0.5) is 5.95 Å². The lowest BCUT2D eigenvalue weighted by atomic mass is 9.96. The van der Waals surface area contributed by atoms with E-state index in [2.05, 4.69) is 20.5 Å².